The van der Waals surface area contributed by atoms with Crippen LogP contribution >= 0.6 is 0 Å². The number of carboxylic acid groups (broad SMARTS) is 1. The van der Waals surface area contributed by atoms with Gasteiger partial charge in [-0.2, -0.15) is 0 Å². The molecule has 0 aliphatic heterocycles. The Morgan fingerprint density at radius 2 is 2.12 bits per heavy atom. The third-order valence-electron chi connectivity index (χ3n) is 2.19. The maximum Gasteiger partial charge on any atom is 0.325 e. The van der Waals surface area contributed by atoms with Gasteiger partial charge in [-0.25, -0.2) is 0 Å². The summed E-state index contributed by atoms with van der Waals surface area (Å²) in [5, 5.41) is 11.0. The molecule has 4 N–H and O–H groups in total. The Morgan fingerprint density at radius 3 is 2.65 bits per heavy atom. The summed E-state index contributed by atoms with van der Waals surface area (Å²) in [6.07, 6.45) is 0. The van der Waals surface area contributed by atoms with Crippen molar-refractivity contribution in [3.05, 3.63) is 23.8 Å². The van der Waals surface area contributed by atoms with Gasteiger partial charge in [0.15, 0.2) is 0 Å². The van der Waals surface area contributed by atoms with E-state index in [4.69, 9.17) is 15.6 Å². The van der Waals surface area contributed by atoms with E-state index in [0.29, 0.717) is 11.4 Å². The summed E-state index contributed by atoms with van der Waals surface area (Å²) in [5.74, 6) is -1.32. The minimum atomic E-state index is -1.10. The molecule has 6 heteroatoms. The van der Waals surface area contributed by atoms with Crippen LogP contribution in [-0.2, 0) is 4.79 Å². The lowest BCUT2D eigenvalue weighted by atomic mass is 10.1. The van der Waals surface area contributed by atoms with E-state index in [1.165, 1.54) is 26.2 Å². The van der Waals surface area contributed by atoms with E-state index in [1.807, 2.05) is 0 Å². The SMILES string of the molecule is COc1cc(N)ccc1C(=O)N[C@@H](C)C(=O)O. The first kappa shape index (κ1) is 12.8. The number of nitrogens with two attached hydrogens (primary N) is 1. The summed E-state index contributed by atoms with van der Waals surface area (Å²) in [6.45, 7) is 1.38. The fraction of sp³-hybridized carbons (Fsp3) is 0.273. The molecule has 0 aromatic heterocycles. The Kier molecular flexibility index (Phi) is 3.92. The number of nitrogen functional groups attached to an aromatic ring is 1. The molecule has 1 aromatic rings. The van der Waals surface area contributed by atoms with Crippen LogP contribution in [0.2, 0.25) is 0 Å². The molecule has 1 aromatic carbocycles. The highest BCUT2D eigenvalue weighted by Crippen LogP contribution is 2.21. The van der Waals surface area contributed by atoms with Gasteiger partial charge in [0.2, 0.25) is 0 Å². The second-order valence-corrected chi connectivity index (χ2v) is 3.49. The zero-order valence-corrected chi connectivity index (χ0v) is 9.56. The Balaban J connectivity index is 2.92. The number of carbonyl (C=O) groups is 2. The Labute approximate surface area is 98.4 Å². The van der Waals surface area contributed by atoms with Crippen molar-refractivity contribution in [1.29, 1.82) is 0 Å². The number of aliphatic carboxylic acids is 1. The molecule has 0 aliphatic carbocycles. The third kappa shape index (κ3) is 3.10. The average molecular weight is 238 g/mol. The maximum absolute atomic E-state index is 11.8. The third-order valence-corrected chi connectivity index (χ3v) is 2.19. The number of nitrogens with one attached hydrogen (secondary N) is 1. The summed E-state index contributed by atoms with van der Waals surface area (Å²) < 4.78 is 5.00. The van der Waals surface area contributed by atoms with Crippen molar-refractivity contribution in [2.45, 2.75) is 13.0 Å². The lowest BCUT2D eigenvalue weighted by Crippen LogP contribution is -2.38. The van der Waals surface area contributed by atoms with Gasteiger partial charge in [0, 0.05) is 11.8 Å². The zero-order valence-electron chi connectivity index (χ0n) is 9.56. The number of amides is 1. The van der Waals surface area contributed by atoms with Crippen molar-refractivity contribution in [2.24, 2.45) is 0 Å². The molecule has 1 atom stereocenters. The van der Waals surface area contributed by atoms with Crippen LogP contribution in [0, 0.1) is 0 Å². The lowest BCUT2D eigenvalue weighted by Gasteiger charge is -2.12. The molecule has 0 heterocycles. The number of carboxylic acids is 1. The van der Waals surface area contributed by atoms with E-state index in [-0.39, 0.29) is 5.56 Å². The highest BCUT2D eigenvalue weighted by molar-refractivity contribution is 5.99. The Bertz CT molecular complexity index is 445. The van der Waals surface area contributed by atoms with Gasteiger partial charge in [-0.05, 0) is 19.1 Å². The molecule has 1 amide bonds. The predicted octanol–water partition coefficient (Wildman–Crippen LogP) is 0.480. The quantitative estimate of drug-likeness (QED) is 0.662. The van der Waals surface area contributed by atoms with Gasteiger partial charge in [-0.3, -0.25) is 9.59 Å². The van der Waals surface area contributed by atoms with E-state index in [1.54, 1.807) is 6.07 Å². The molecule has 92 valence electrons. The topological polar surface area (TPSA) is 102 Å². The largest absolute Gasteiger partial charge is 0.496 e. The first-order valence-corrected chi connectivity index (χ1v) is 4.93. The molecule has 0 bridgehead atoms. The fourth-order valence-corrected chi connectivity index (χ4v) is 1.23. The number of ether oxygens (including phenoxy) is 1. The van der Waals surface area contributed by atoms with Gasteiger partial charge in [0.05, 0.1) is 12.7 Å². The van der Waals surface area contributed by atoms with E-state index in [9.17, 15) is 9.59 Å². The van der Waals surface area contributed by atoms with Crippen molar-refractivity contribution in [1.82, 2.24) is 5.32 Å². The second-order valence-electron chi connectivity index (χ2n) is 3.49. The van der Waals surface area contributed by atoms with Crippen molar-refractivity contribution in [3.63, 3.8) is 0 Å². The lowest BCUT2D eigenvalue weighted by molar-refractivity contribution is -0.138. The molecular weight excluding hydrogens is 224 g/mol. The fourth-order valence-electron chi connectivity index (χ4n) is 1.23. The normalized spacial score (nSPS) is 11.6. The minimum absolute atomic E-state index is 0.245. The summed E-state index contributed by atoms with van der Waals surface area (Å²) in [6, 6.07) is 3.56. The molecule has 17 heavy (non-hydrogen) atoms. The molecular formula is C11H14N2O4. The second kappa shape index (κ2) is 5.20. The molecule has 0 saturated heterocycles. The van der Waals surface area contributed by atoms with Gasteiger partial charge in [-0.15, -0.1) is 0 Å². The summed E-state index contributed by atoms with van der Waals surface area (Å²) >= 11 is 0. The van der Waals surface area contributed by atoms with E-state index < -0.39 is 17.9 Å². The van der Waals surface area contributed by atoms with Crippen LogP contribution in [0.25, 0.3) is 0 Å². The summed E-state index contributed by atoms with van der Waals surface area (Å²) in [5.41, 5.74) is 6.25. The Hall–Kier alpha value is -2.24. The minimum Gasteiger partial charge on any atom is -0.496 e. The van der Waals surface area contributed by atoms with Crippen LogP contribution in [0.1, 0.15) is 17.3 Å². The molecule has 0 aliphatic rings. The number of carbonyl (C=O) groups excluding carboxylic acids is 1. The molecule has 0 saturated carbocycles. The van der Waals surface area contributed by atoms with Crippen molar-refractivity contribution in [2.75, 3.05) is 12.8 Å². The maximum atomic E-state index is 11.8. The van der Waals surface area contributed by atoms with Crippen LogP contribution < -0.4 is 15.8 Å². The highest BCUT2D eigenvalue weighted by atomic mass is 16.5. The van der Waals surface area contributed by atoms with Crippen molar-refractivity contribution < 1.29 is 19.4 Å². The number of methoxy groups -OCH3 is 1. The predicted molar refractivity (Wildman–Crippen MR) is 62.0 cm³/mol. The monoisotopic (exact) mass is 238 g/mol. The van der Waals surface area contributed by atoms with Crippen LogP contribution in [-0.4, -0.2) is 30.1 Å². The molecule has 6 nitrogen and oxygen atoms in total. The average Bonchev–Trinajstić information content (AvgIpc) is 2.28. The first-order chi connectivity index (χ1) is 7.95. The van der Waals surface area contributed by atoms with E-state index >= 15 is 0 Å². The number of rotatable bonds is 4. The van der Waals surface area contributed by atoms with Gasteiger partial charge in [0.25, 0.3) is 5.91 Å². The van der Waals surface area contributed by atoms with E-state index in [2.05, 4.69) is 5.32 Å². The van der Waals surface area contributed by atoms with Crippen LogP contribution in [0.4, 0.5) is 5.69 Å². The van der Waals surface area contributed by atoms with Crippen LogP contribution in [0.3, 0.4) is 0 Å². The molecule has 0 spiro atoms. The Morgan fingerprint density at radius 1 is 1.47 bits per heavy atom. The molecule has 0 fully saturated rings. The van der Waals surface area contributed by atoms with Gasteiger partial charge < -0.3 is 20.9 Å². The highest BCUT2D eigenvalue weighted by Gasteiger charge is 2.18. The number of anilines is 1. The van der Waals surface area contributed by atoms with Crippen LogP contribution in [0.15, 0.2) is 18.2 Å². The number of benzene rings is 1. The van der Waals surface area contributed by atoms with Gasteiger partial charge in [0.1, 0.15) is 11.8 Å². The number of hydrogen-bond donors (Lipinski definition) is 3. The van der Waals surface area contributed by atoms with E-state index in [0.717, 1.165) is 0 Å². The zero-order chi connectivity index (χ0) is 13.0. The number of hydrogen-bond acceptors (Lipinski definition) is 4. The first-order valence-electron chi connectivity index (χ1n) is 4.93. The van der Waals surface area contributed by atoms with Gasteiger partial charge in [-0.1, -0.05) is 0 Å². The van der Waals surface area contributed by atoms with Gasteiger partial charge >= 0.3 is 5.97 Å². The van der Waals surface area contributed by atoms with Crippen molar-refractivity contribution >= 4 is 17.6 Å². The van der Waals surface area contributed by atoms with Crippen LogP contribution in [0.5, 0.6) is 5.75 Å². The molecule has 0 unspecified atom stereocenters. The standard InChI is InChI=1S/C11H14N2O4/c1-6(11(15)16)13-10(14)8-4-3-7(12)5-9(8)17-2/h3-6H,12H2,1-2H3,(H,13,14)(H,15,16)/t6-/m0/s1. The summed E-state index contributed by atoms with van der Waals surface area (Å²) in [4.78, 5) is 22.4. The summed E-state index contributed by atoms with van der Waals surface area (Å²) in [7, 11) is 1.41. The van der Waals surface area contributed by atoms with Crippen molar-refractivity contribution in [3.8, 4) is 5.75 Å². The smallest absolute Gasteiger partial charge is 0.325 e. The molecule has 0 radical (unpaired) electrons. The molecule has 1 rings (SSSR count).